The van der Waals surface area contributed by atoms with Crippen LogP contribution in [0.2, 0.25) is 5.02 Å². The first-order chi connectivity index (χ1) is 12.6. The van der Waals surface area contributed by atoms with Gasteiger partial charge in [-0.25, -0.2) is 0 Å². The zero-order valence-corrected chi connectivity index (χ0v) is 16.5. The van der Waals surface area contributed by atoms with E-state index in [0.717, 1.165) is 22.4 Å². The van der Waals surface area contributed by atoms with Crippen LogP contribution >= 0.6 is 23.1 Å². The maximum Gasteiger partial charge on any atom is 0.232 e. The highest BCUT2D eigenvalue weighted by Crippen LogP contribution is 2.51. The first-order valence-corrected chi connectivity index (χ1v) is 9.02. The van der Waals surface area contributed by atoms with Gasteiger partial charge in [-0.3, -0.25) is 0 Å². The zero-order chi connectivity index (χ0) is 18.7. The lowest BCUT2D eigenvalue weighted by Crippen LogP contribution is -2.02. The molecule has 26 heavy (non-hydrogen) atoms. The van der Waals surface area contributed by atoms with Crippen molar-refractivity contribution < 1.29 is 23.3 Å². The molecule has 0 radical (unpaired) electrons. The van der Waals surface area contributed by atoms with Gasteiger partial charge in [-0.2, -0.15) is 0 Å². The van der Waals surface area contributed by atoms with Gasteiger partial charge in [-0.1, -0.05) is 11.6 Å². The highest BCUT2D eigenvalue weighted by molar-refractivity contribution is 6.99. The first-order valence-electron chi connectivity index (χ1n) is 7.77. The van der Waals surface area contributed by atoms with Gasteiger partial charge >= 0.3 is 0 Å². The number of H-pyrrole nitrogens is 1. The van der Waals surface area contributed by atoms with Crippen molar-refractivity contribution in [3.8, 4) is 45.4 Å². The third kappa shape index (κ3) is 3.18. The molecule has 0 aliphatic carbocycles. The molecule has 0 saturated carbocycles. The predicted octanol–water partition coefficient (Wildman–Crippen LogP) is 4.58. The Bertz CT molecular complexity index is 909. The number of ether oxygens (including phenoxy) is 4. The van der Waals surface area contributed by atoms with E-state index in [1.807, 2.05) is 35.7 Å². The average molecular weight is 393 g/mol. The Morgan fingerprint density at radius 3 is 2.04 bits per heavy atom. The van der Waals surface area contributed by atoms with Gasteiger partial charge in [-0.05, 0) is 30.3 Å². The SMILES string of the molecule is COc1cc(-c2cs[nH+]c2-c2ccc(Cl)cc2)c(OC)c(OC)c1OC. The van der Waals surface area contributed by atoms with Crippen molar-refractivity contribution in [2.75, 3.05) is 28.4 Å². The summed E-state index contributed by atoms with van der Waals surface area (Å²) in [6, 6.07) is 9.54. The fraction of sp³-hybridized carbons (Fsp3) is 0.211. The quantitative estimate of drug-likeness (QED) is 0.616. The van der Waals surface area contributed by atoms with Crippen molar-refractivity contribution in [3.63, 3.8) is 0 Å². The van der Waals surface area contributed by atoms with E-state index in [9.17, 15) is 0 Å². The lowest BCUT2D eigenvalue weighted by Gasteiger charge is -2.18. The molecule has 0 saturated heterocycles. The predicted molar refractivity (Wildman–Crippen MR) is 103 cm³/mol. The maximum absolute atomic E-state index is 6.02. The van der Waals surface area contributed by atoms with Gasteiger partial charge in [0, 0.05) is 16.1 Å². The molecule has 5 nitrogen and oxygen atoms in total. The monoisotopic (exact) mass is 392 g/mol. The normalized spacial score (nSPS) is 10.5. The van der Waals surface area contributed by atoms with E-state index in [2.05, 4.69) is 4.37 Å². The Kier molecular flexibility index (Phi) is 5.54. The van der Waals surface area contributed by atoms with Crippen molar-refractivity contribution in [2.45, 2.75) is 0 Å². The number of rotatable bonds is 6. The summed E-state index contributed by atoms with van der Waals surface area (Å²) in [6.07, 6.45) is 0. The molecule has 1 aromatic heterocycles. The summed E-state index contributed by atoms with van der Waals surface area (Å²) < 4.78 is 25.5. The molecular formula is C19H19ClNO4S+. The summed E-state index contributed by atoms with van der Waals surface area (Å²) in [6.45, 7) is 0. The Balaban J connectivity index is 2.25. The van der Waals surface area contributed by atoms with Crippen LogP contribution in [-0.4, -0.2) is 28.4 Å². The van der Waals surface area contributed by atoms with Crippen LogP contribution in [0.15, 0.2) is 35.7 Å². The molecule has 136 valence electrons. The molecule has 3 aromatic rings. The van der Waals surface area contributed by atoms with Crippen LogP contribution in [0.1, 0.15) is 0 Å². The van der Waals surface area contributed by atoms with Crippen LogP contribution in [0.3, 0.4) is 0 Å². The van der Waals surface area contributed by atoms with Gasteiger partial charge < -0.3 is 18.9 Å². The smallest absolute Gasteiger partial charge is 0.232 e. The fourth-order valence-electron chi connectivity index (χ4n) is 2.82. The topological polar surface area (TPSA) is 51.1 Å². The van der Waals surface area contributed by atoms with Crippen LogP contribution in [0.25, 0.3) is 22.4 Å². The Morgan fingerprint density at radius 1 is 0.808 bits per heavy atom. The van der Waals surface area contributed by atoms with E-state index in [4.69, 9.17) is 30.5 Å². The number of methoxy groups -OCH3 is 4. The highest BCUT2D eigenvalue weighted by Gasteiger charge is 2.27. The number of halogens is 1. The molecule has 0 fully saturated rings. The van der Waals surface area contributed by atoms with Crippen LogP contribution in [0, 0.1) is 0 Å². The van der Waals surface area contributed by atoms with Gasteiger partial charge in [0.05, 0.1) is 39.4 Å². The lowest BCUT2D eigenvalue weighted by atomic mass is 10.00. The minimum absolute atomic E-state index is 0.484. The number of benzene rings is 2. The molecule has 3 rings (SSSR count). The second-order valence-corrected chi connectivity index (χ2v) is 6.47. The van der Waals surface area contributed by atoms with E-state index < -0.39 is 0 Å². The molecule has 2 aromatic carbocycles. The minimum Gasteiger partial charge on any atom is -0.493 e. The van der Waals surface area contributed by atoms with E-state index in [-0.39, 0.29) is 0 Å². The molecule has 7 heteroatoms. The highest BCUT2D eigenvalue weighted by atomic mass is 35.5. The van der Waals surface area contributed by atoms with Gasteiger partial charge in [0.25, 0.3) is 0 Å². The van der Waals surface area contributed by atoms with Crippen molar-refractivity contribution in [2.24, 2.45) is 0 Å². The van der Waals surface area contributed by atoms with Crippen molar-refractivity contribution in [1.82, 2.24) is 0 Å². The number of hydrogen-bond donors (Lipinski definition) is 0. The van der Waals surface area contributed by atoms with Crippen LogP contribution in [-0.2, 0) is 0 Å². The van der Waals surface area contributed by atoms with E-state index >= 15 is 0 Å². The Hall–Kier alpha value is -2.44. The molecular weight excluding hydrogens is 374 g/mol. The third-order valence-corrected chi connectivity index (χ3v) is 4.95. The van der Waals surface area contributed by atoms with Gasteiger partial charge in [0.2, 0.25) is 17.2 Å². The molecule has 1 N–H and O–H groups in total. The second-order valence-electron chi connectivity index (χ2n) is 5.36. The Labute approximate surface area is 161 Å². The minimum atomic E-state index is 0.484. The number of aromatic amines is 1. The van der Waals surface area contributed by atoms with Crippen LogP contribution in [0.5, 0.6) is 23.0 Å². The molecule has 0 bridgehead atoms. The molecule has 1 heterocycles. The summed E-state index contributed by atoms with van der Waals surface area (Å²) in [4.78, 5) is 0. The zero-order valence-electron chi connectivity index (χ0n) is 14.9. The van der Waals surface area contributed by atoms with Crippen LogP contribution < -0.4 is 23.3 Å². The molecule has 0 aliphatic rings. The van der Waals surface area contributed by atoms with Gasteiger partial charge in [0.15, 0.2) is 11.5 Å². The average Bonchev–Trinajstić information content (AvgIpc) is 3.16. The third-order valence-electron chi connectivity index (χ3n) is 4.02. The summed E-state index contributed by atoms with van der Waals surface area (Å²) >= 11 is 7.51. The summed E-state index contributed by atoms with van der Waals surface area (Å²) in [5.74, 6) is 2.11. The summed E-state index contributed by atoms with van der Waals surface area (Å²) in [5.41, 5.74) is 3.78. The summed E-state index contributed by atoms with van der Waals surface area (Å²) in [7, 11) is 6.33. The molecule has 0 spiro atoms. The van der Waals surface area contributed by atoms with E-state index in [1.54, 1.807) is 28.4 Å². The molecule has 0 atom stereocenters. The first kappa shape index (κ1) is 18.4. The maximum atomic E-state index is 6.02. The molecule has 0 unspecified atom stereocenters. The largest absolute Gasteiger partial charge is 0.493 e. The van der Waals surface area contributed by atoms with E-state index in [1.165, 1.54) is 11.5 Å². The lowest BCUT2D eigenvalue weighted by molar-refractivity contribution is -0.275. The summed E-state index contributed by atoms with van der Waals surface area (Å²) in [5, 5.41) is 2.71. The van der Waals surface area contributed by atoms with Crippen molar-refractivity contribution in [1.29, 1.82) is 0 Å². The Morgan fingerprint density at radius 2 is 1.46 bits per heavy atom. The number of hydrogen-bond acceptors (Lipinski definition) is 5. The fourth-order valence-corrected chi connectivity index (χ4v) is 3.72. The second kappa shape index (κ2) is 7.85. The number of aromatic nitrogens is 1. The standard InChI is InChI=1S/C19H18ClNO4S/c1-22-15-9-13(17(23-2)19(25-4)18(15)24-3)14-10-26-21-16(14)11-5-7-12(20)8-6-11/h5-10H,1-4H3/p+1. The molecule has 0 aliphatic heterocycles. The van der Waals surface area contributed by atoms with Crippen molar-refractivity contribution in [3.05, 3.63) is 40.7 Å². The van der Waals surface area contributed by atoms with E-state index in [0.29, 0.717) is 28.0 Å². The van der Waals surface area contributed by atoms with Crippen molar-refractivity contribution >= 4 is 23.1 Å². The van der Waals surface area contributed by atoms with Gasteiger partial charge in [0.1, 0.15) is 11.5 Å². The molecule has 0 amide bonds. The van der Waals surface area contributed by atoms with Crippen LogP contribution in [0.4, 0.5) is 0 Å². The number of nitrogens with one attached hydrogen (secondary N) is 1. The van der Waals surface area contributed by atoms with Gasteiger partial charge in [-0.15, -0.1) is 4.37 Å².